The Balaban J connectivity index is 3.21. The van der Waals surface area contributed by atoms with Crippen molar-refractivity contribution in [1.29, 1.82) is 0 Å². The van der Waals surface area contributed by atoms with Crippen molar-refractivity contribution in [3.8, 4) is 5.88 Å². The molecule has 3 nitrogen and oxygen atoms in total. The zero-order valence-electron chi connectivity index (χ0n) is 7.52. The van der Waals surface area contributed by atoms with Gasteiger partial charge in [-0.05, 0) is 28.7 Å². The van der Waals surface area contributed by atoms with E-state index in [-0.39, 0.29) is 21.1 Å². The Morgan fingerprint density at radius 2 is 2.12 bits per heavy atom. The maximum absolute atomic E-state index is 12.4. The van der Waals surface area contributed by atoms with E-state index in [4.69, 9.17) is 0 Å². The molecule has 1 aromatic rings. The summed E-state index contributed by atoms with van der Waals surface area (Å²) in [6.07, 6.45) is -4.71. The van der Waals surface area contributed by atoms with Gasteiger partial charge < -0.3 is 4.74 Å². The van der Waals surface area contributed by atoms with Gasteiger partial charge in [-0.1, -0.05) is 0 Å². The molecular formula is C8H4F4INO2. The lowest BCUT2D eigenvalue weighted by Crippen LogP contribution is -2.19. The second-order valence-corrected chi connectivity index (χ2v) is 3.70. The molecule has 16 heavy (non-hydrogen) atoms. The summed E-state index contributed by atoms with van der Waals surface area (Å²) < 4.78 is 51.7. The van der Waals surface area contributed by atoms with Gasteiger partial charge in [0.1, 0.15) is 12.4 Å². The molecule has 0 aliphatic rings. The Hall–Kier alpha value is -0.930. The lowest BCUT2D eigenvalue weighted by molar-refractivity contribution is -0.276. The second-order valence-electron chi connectivity index (χ2n) is 2.62. The number of nitrogens with zero attached hydrogens (tertiary/aromatic N) is 1. The molecule has 1 aromatic heterocycles. The molecule has 0 spiro atoms. The molecule has 0 fully saturated rings. The first-order valence-electron chi connectivity index (χ1n) is 3.83. The van der Waals surface area contributed by atoms with E-state index in [0.717, 1.165) is 6.07 Å². The largest absolute Gasteiger partial charge is 0.574 e. The van der Waals surface area contributed by atoms with Crippen LogP contribution in [0.15, 0.2) is 6.07 Å². The Bertz CT molecular complexity index is 408. The lowest BCUT2D eigenvalue weighted by atomic mass is 10.2. The number of rotatable bonds is 3. The molecular weight excluding hydrogens is 345 g/mol. The number of halogens is 5. The van der Waals surface area contributed by atoms with Crippen LogP contribution in [0.2, 0.25) is 0 Å². The molecule has 0 N–H and O–H groups in total. The van der Waals surface area contributed by atoms with Crippen molar-refractivity contribution >= 4 is 28.9 Å². The number of carbonyl (C=O) groups excluding carboxylic acids is 1. The molecule has 0 atom stereocenters. The number of hydrogen-bond acceptors (Lipinski definition) is 3. The number of carbonyl (C=O) groups is 1. The Labute approximate surface area is 101 Å². The highest BCUT2D eigenvalue weighted by atomic mass is 127. The molecule has 0 saturated heterocycles. The number of aldehydes is 1. The first-order chi connectivity index (χ1) is 7.37. The normalized spacial score (nSPS) is 11.3. The zero-order valence-corrected chi connectivity index (χ0v) is 9.67. The summed E-state index contributed by atoms with van der Waals surface area (Å²) in [5, 5.41) is 0. The van der Waals surface area contributed by atoms with Gasteiger partial charge in [0.25, 0.3) is 0 Å². The van der Waals surface area contributed by atoms with Gasteiger partial charge in [-0.3, -0.25) is 4.79 Å². The molecule has 0 radical (unpaired) electrons. The quantitative estimate of drug-likeness (QED) is 0.479. The monoisotopic (exact) mass is 349 g/mol. The van der Waals surface area contributed by atoms with Crippen LogP contribution in [0, 0.1) is 3.57 Å². The molecule has 1 rings (SSSR count). The minimum Gasteiger partial charge on any atom is -0.387 e. The van der Waals surface area contributed by atoms with Crippen molar-refractivity contribution in [2.45, 2.75) is 13.0 Å². The van der Waals surface area contributed by atoms with E-state index >= 15 is 0 Å². The minimum atomic E-state index is -4.93. The van der Waals surface area contributed by atoms with Gasteiger partial charge in [-0.25, -0.2) is 9.37 Å². The van der Waals surface area contributed by atoms with Crippen molar-refractivity contribution in [1.82, 2.24) is 4.98 Å². The maximum Gasteiger partial charge on any atom is 0.574 e. The predicted octanol–water partition coefficient (Wildman–Crippen LogP) is 2.87. The van der Waals surface area contributed by atoms with Crippen molar-refractivity contribution in [3.05, 3.63) is 20.9 Å². The van der Waals surface area contributed by atoms with Gasteiger partial charge in [0, 0.05) is 5.56 Å². The van der Waals surface area contributed by atoms with Crippen LogP contribution < -0.4 is 4.74 Å². The van der Waals surface area contributed by atoms with Crippen LogP contribution in [0.4, 0.5) is 17.6 Å². The van der Waals surface area contributed by atoms with Crippen LogP contribution in [0.1, 0.15) is 16.1 Å². The van der Waals surface area contributed by atoms with Gasteiger partial charge in [-0.2, -0.15) is 0 Å². The predicted molar refractivity (Wildman–Crippen MR) is 53.8 cm³/mol. The van der Waals surface area contributed by atoms with Gasteiger partial charge >= 0.3 is 6.36 Å². The van der Waals surface area contributed by atoms with Crippen molar-refractivity contribution in [3.63, 3.8) is 0 Å². The molecule has 0 aliphatic heterocycles. The summed E-state index contributed by atoms with van der Waals surface area (Å²) in [5.74, 6) is -0.814. The van der Waals surface area contributed by atoms with E-state index in [2.05, 4.69) is 9.72 Å². The van der Waals surface area contributed by atoms with E-state index < -0.39 is 18.9 Å². The highest BCUT2D eigenvalue weighted by molar-refractivity contribution is 14.1. The molecule has 0 bridgehead atoms. The van der Waals surface area contributed by atoms with E-state index in [1.165, 1.54) is 22.6 Å². The molecule has 8 heteroatoms. The third kappa shape index (κ3) is 3.29. The summed E-state index contributed by atoms with van der Waals surface area (Å²) >= 11 is 1.47. The second kappa shape index (κ2) is 4.93. The molecule has 0 aromatic carbocycles. The smallest absolute Gasteiger partial charge is 0.387 e. The fourth-order valence-corrected chi connectivity index (χ4v) is 1.44. The van der Waals surface area contributed by atoms with E-state index in [1.54, 1.807) is 0 Å². The van der Waals surface area contributed by atoms with E-state index in [9.17, 15) is 22.4 Å². The van der Waals surface area contributed by atoms with Crippen LogP contribution >= 0.6 is 22.6 Å². The van der Waals surface area contributed by atoms with Crippen molar-refractivity contribution < 1.29 is 27.1 Å². The summed E-state index contributed by atoms with van der Waals surface area (Å²) in [4.78, 5) is 13.7. The van der Waals surface area contributed by atoms with Gasteiger partial charge in [-0.15, -0.1) is 13.2 Å². The fraction of sp³-hybridized carbons (Fsp3) is 0.250. The average Bonchev–Trinajstić information content (AvgIpc) is 2.19. The topological polar surface area (TPSA) is 39.2 Å². The van der Waals surface area contributed by atoms with Crippen LogP contribution in [-0.4, -0.2) is 17.6 Å². The summed E-state index contributed by atoms with van der Waals surface area (Å²) in [5.41, 5.74) is -0.385. The molecule has 0 aliphatic carbocycles. The Morgan fingerprint density at radius 3 is 2.56 bits per heavy atom. The SMILES string of the molecule is O=Cc1cc(CF)c(I)c(OC(F)(F)F)n1. The summed E-state index contributed by atoms with van der Waals surface area (Å²) in [7, 11) is 0. The minimum absolute atomic E-state index is 0.0723. The first-order valence-corrected chi connectivity index (χ1v) is 4.91. The molecule has 1 heterocycles. The van der Waals surface area contributed by atoms with Gasteiger partial charge in [0.15, 0.2) is 6.29 Å². The number of alkyl halides is 4. The lowest BCUT2D eigenvalue weighted by Gasteiger charge is -2.11. The zero-order chi connectivity index (χ0) is 12.3. The van der Waals surface area contributed by atoms with E-state index in [1.807, 2.05) is 0 Å². The van der Waals surface area contributed by atoms with Crippen LogP contribution in [0.5, 0.6) is 5.88 Å². The standard InChI is InChI=1S/C8H4F4INO2/c9-2-4-1-5(3-15)14-7(6(4)13)16-8(10,11)12/h1,3H,2H2. The summed E-state index contributed by atoms with van der Waals surface area (Å²) in [6, 6.07) is 1.07. The number of aromatic nitrogens is 1. The van der Waals surface area contributed by atoms with Gasteiger partial charge in [0.2, 0.25) is 5.88 Å². The van der Waals surface area contributed by atoms with Crippen LogP contribution in [0.25, 0.3) is 0 Å². The molecule has 0 amide bonds. The third-order valence-electron chi connectivity index (χ3n) is 1.50. The van der Waals surface area contributed by atoms with E-state index in [0.29, 0.717) is 0 Å². The first kappa shape index (κ1) is 13.1. The average molecular weight is 349 g/mol. The molecule has 88 valence electrons. The Kier molecular flexibility index (Phi) is 4.05. The Morgan fingerprint density at radius 1 is 1.50 bits per heavy atom. The number of ether oxygens (including phenoxy) is 1. The van der Waals surface area contributed by atoms with Crippen LogP contribution in [-0.2, 0) is 6.67 Å². The highest BCUT2D eigenvalue weighted by Crippen LogP contribution is 2.28. The molecule has 0 unspecified atom stereocenters. The number of hydrogen-bond donors (Lipinski definition) is 0. The van der Waals surface area contributed by atoms with Gasteiger partial charge in [0.05, 0.1) is 3.57 Å². The van der Waals surface area contributed by atoms with Crippen molar-refractivity contribution in [2.24, 2.45) is 0 Å². The van der Waals surface area contributed by atoms with Crippen molar-refractivity contribution in [2.75, 3.05) is 0 Å². The summed E-state index contributed by atoms with van der Waals surface area (Å²) in [6.45, 7) is -1.00. The third-order valence-corrected chi connectivity index (χ3v) is 2.65. The van der Waals surface area contributed by atoms with Crippen LogP contribution in [0.3, 0.4) is 0 Å². The highest BCUT2D eigenvalue weighted by Gasteiger charge is 2.33. The molecule has 0 saturated carbocycles. The number of pyridine rings is 1. The maximum atomic E-state index is 12.4. The fourth-order valence-electron chi connectivity index (χ4n) is 0.913.